The highest BCUT2D eigenvalue weighted by Gasteiger charge is 2.68. The van der Waals surface area contributed by atoms with Crippen molar-refractivity contribution in [3.8, 4) is 0 Å². The first-order chi connectivity index (χ1) is 18.5. The van der Waals surface area contributed by atoms with E-state index in [1.807, 2.05) is 6.92 Å². The Hall–Kier alpha value is -2.13. The van der Waals surface area contributed by atoms with Crippen molar-refractivity contribution in [3.63, 3.8) is 0 Å². The summed E-state index contributed by atoms with van der Waals surface area (Å²) in [6.07, 6.45) is -2.02. The summed E-state index contributed by atoms with van der Waals surface area (Å²) in [4.78, 5) is 48.3. The van der Waals surface area contributed by atoms with Crippen molar-refractivity contribution >= 4 is 23.7 Å². The second-order valence-corrected chi connectivity index (χ2v) is 13.4. The molecule has 11 atom stereocenters. The lowest BCUT2D eigenvalue weighted by Crippen LogP contribution is -2.63. The molecule has 0 saturated heterocycles. The summed E-state index contributed by atoms with van der Waals surface area (Å²) in [7, 11) is 0. The van der Waals surface area contributed by atoms with Crippen LogP contribution in [-0.4, -0.2) is 48.2 Å². The molecule has 0 aromatic carbocycles. The van der Waals surface area contributed by atoms with Gasteiger partial charge in [0.1, 0.15) is 18.3 Å². The van der Waals surface area contributed by atoms with Crippen LogP contribution < -0.4 is 0 Å². The molecular formula is C30H43F3O7. The molecule has 4 saturated carbocycles. The lowest BCUT2D eigenvalue weighted by Gasteiger charge is -2.64. The first kappa shape index (κ1) is 30.8. The van der Waals surface area contributed by atoms with Gasteiger partial charge in [0.2, 0.25) is 5.78 Å². The van der Waals surface area contributed by atoms with Crippen molar-refractivity contribution in [2.45, 2.75) is 117 Å². The average molecular weight is 573 g/mol. The summed E-state index contributed by atoms with van der Waals surface area (Å²) < 4.78 is 57.1. The normalized spacial score (nSPS) is 41.5. The Balaban J connectivity index is 1.72. The first-order valence-electron chi connectivity index (χ1n) is 14.6. The fourth-order valence-corrected chi connectivity index (χ4v) is 9.67. The molecule has 0 aliphatic heterocycles. The summed E-state index contributed by atoms with van der Waals surface area (Å²) in [5, 5.41) is 0. The van der Waals surface area contributed by atoms with Gasteiger partial charge >= 0.3 is 24.1 Å². The monoisotopic (exact) mass is 572 g/mol. The number of rotatable bonds is 6. The lowest BCUT2D eigenvalue weighted by atomic mass is 9.43. The van der Waals surface area contributed by atoms with Crippen LogP contribution in [0.5, 0.6) is 0 Å². The summed E-state index contributed by atoms with van der Waals surface area (Å²) in [6.45, 7) is 10.1. The maximum atomic E-state index is 13.2. The number of ketones is 1. The second-order valence-electron chi connectivity index (χ2n) is 13.4. The molecule has 0 aromatic heterocycles. The van der Waals surface area contributed by atoms with Crippen molar-refractivity contribution in [2.24, 2.45) is 46.3 Å². The van der Waals surface area contributed by atoms with Gasteiger partial charge in [0.15, 0.2) is 0 Å². The van der Waals surface area contributed by atoms with Crippen molar-refractivity contribution < 1.29 is 46.6 Å². The predicted molar refractivity (Wildman–Crippen MR) is 137 cm³/mol. The minimum Gasteiger partial charge on any atom is -0.463 e. The van der Waals surface area contributed by atoms with Gasteiger partial charge in [0.05, 0.1) is 0 Å². The van der Waals surface area contributed by atoms with E-state index in [2.05, 4.69) is 6.92 Å². The van der Waals surface area contributed by atoms with Gasteiger partial charge in [-0.05, 0) is 80.0 Å². The second kappa shape index (κ2) is 10.9. The smallest absolute Gasteiger partial charge is 0.449 e. The van der Waals surface area contributed by atoms with Gasteiger partial charge < -0.3 is 14.2 Å². The molecular weight excluding hydrogens is 529 g/mol. The van der Waals surface area contributed by atoms with Gasteiger partial charge in [-0.3, -0.25) is 19.2 Å². The van der Waals surface area contributed by atoms with E-state index in [0.29, 0.717) is 38.5 Å². The largest absolute Gasteiger partial charge is 0.463 e. The molecule has 0 bridgehead atoms. The lowest BCUT2D eigenvalue weighted by molar-refractivity contribution is -0.224. The van der Waals surface area contributed by atoms with E-state index < -0.39 is 47.9 Å². The number of carbonyl (C=O) groups is 4. The molecule has 40 heavy (non-hydrogen) atoms. The molecule has 4 rings (SSSR count). The fourth-order valence-electron chi connectivity index (χ4n) is 9.67. The highest BCUT2D eigenvalue weighted by atomic mass is 19.4. The maximum absolute atomic E-state index is 13.2. The van der Waals surface area contributed by atoms with E-state index in [0.717, 1.165) is 6.42 Å². The van der Waals surface area contributed by atoms with Crippen molar-refractivity contribution in [2.75, 3.05) is 0 Å². The van der Waals surface area contributed by atoms with Crippen LogP contribution in [0.1, 0.15) is 92.9 Å². The van der Waals surface area contributed by atoms with E-state index in [4.69, 9.17) is 14.2 Å². The molecule has 0 heterocycles. The number of ether oxygens (including phenoxy) is 3. The van der Waals surface area contributed by atoms with Crippen LogP contribution in [0, 0.1) is 46.3 Å². The van der Waals surface area contributed by atoms with Crippen molar-refractivity contribution in [3.05, 3.63) is 0 Å². The zero-order valence-electron chi connectivity index (χ0n) is 24.3. The molecule has 10 heteroatoms. The van der Waals surface area contributed by atoms with E-state index in [9.17, 15) is 32.3 Å². The number of alkyl halides is 3. The third-order valence-electron chi connectivity index (χ3n) is 11.2. The fraction of sp³-hybridized carbons (Fsp3) is 0.867. The van der Waals surface area contributed by atoms with Crippen LogP contribution in [0.15, 0.2) is 0 Å². The summed E-state index contributed by atoms with van der Waals surface area (Å²) in [6, 6.07) is 0. The molecule has 0 amide bonds. The van der Waals surface area contributed by atoms with E-state index in [1.165, 1.54) is 20.8 Å². The molecule has 4 aliphatic carbocycles. The Labute approximate surface area is 234 Å². The SMILES string of the molecule is CC(=O)O[C@@H]1CC[C@@]2(C)[C@@H](C1)C[C@@H](OC(C)=O)[C@@H]1[C@@H]2C[C@H](OC(C)=O)[C@]2(C)[C@@H]([C@H](C)CC(=O)C(F)(F)F)CC[C@@H]12. The Morgan fingerprint density at radius 1 is 0.850 bits per heavy atom. The Morgan fingerprint density at radius 2 is 1.48 bits per heavy atom. The number of hydrogen-bond acceptors (Lipinski definition) is 7. The molecule has 0 N–H and O–H groups in total. The summed E-state index contributed by atoms with van der Waals surface area (Å²) in [5.41, 5.74) is -0.845. The molecule has 0 spiro atoms. The minimum absolute atomic E-state index is 0.0437. The third kappa shape index (κ3) is 5.52. The van der Waals surface area contributed by atoms with Crippen LogP contribution in [0.3, 0.4) is 0 Å². The number of carbonyl (C=O) groups excluding carboxylic acids is 4. The van der Waals surface area contributed by atoms with E-state index in [1.54, 1.807) is 6.92 Å². The van der Waals surface area contributed by atoms with Gasteiger partial charge in [-0.1, -0.05) is 20.8 Å². The van der Waals surface area contributed by atoms with Gasteiger partial charge in [0, 0.05) is 38.5 Å². The predicted octanol–water partition coefficient (Wildman–Crippen LogP) is 5.82. The highest BCUT2D eigenvalue weighted by molar-refractivity contribution is 5.84. The van der Waals surface area contributed by atoms with Crippen LogP contribution >= 0.6 is 0 Å². The van der Waals surface area contributed by atoms with Gasteiger partial charge in [0.25, 0.3) is 0 Å². The zero-order valence-corrected chi connectivity index (χ0v) is 24.3. The Bertz CT molecular complexity index is 1030. The molecule has 0 radical (unpaired) electrons. The zero-order chi connectivity index (χ0) is 29.8. The van der Waals surface area contributed by atoms with Crippen molar-refractivity contribution in [1.82, 2.24) is 0 Å². The third-order valence-corrected chi connectivity index (χ3v) is 11.2. The van der Waals surface area contributed by atoms with Gasteiger partial charge in [-0.25, -0.2) is 0 Å². The standard InChI is InChI=1S/C30H43F3O7/c1-15(11-25(37)30(31,32)33)21-7-8-22-27-23(14-26(29(21,22)6)40-18(4)36)28(5)10-9-20(38-16(2)34)12-19(28)13-24(27)39-17(3)35/h15,19-24,26-27H,7-14H2,1-6H3/t15-,19+,20-,21-,22+,23+,24-,26+,27+,28+,29-/m1/s1. The Morgan fingerprint density at radius 3 is 2.05 bits per heavy atom. The molecule has 7 nitrogen and oxygen atoms in total. The quantitative estimate of drug-likeness (QED) is 0.292. The summed E-state index contributed by atoms with van der Waals surface area (Å²) >= 11 is 0. The molecule has 226 valence electrons. The molecule has 0 aromatic rings. The molecule has 4 fully saturated rings. The molecule has 0 unspecified atom stereocenters. The molecule has 4 aliphatic rings. The number of hydrogen-bond donors (Lipinski definition) is 0. The number of esters is 3. The van der Waals surface area contributed by atoms with Crippen LogP contribution in [0.4, 0.5) is 13.2 Å². The maximum Gasteiger partial charge on any atom is 0.449 e. The summed E-state index contributed by atoms with van der Waals surface area (Å²) in [5.74, 6) is -3.66. The number of halogens is 3. The first-order valence-corrected chi connectivity index (χ1v) is 14.6. The van der Waals surface area contributed by atoms with Crippen molar-refractivity contribution in [1.29, 1.82) is 0 Å². The van der Waals surface area contributed by atoms with Crippen LogP contribution in [0.2, 0.25) is 0 Å². The van der Waals surface area contributed by atoms with Crippen LogP contribution in [-0.2, 0) is 33.4 Å². The topological polar surface area (TPSA) is 96.0 Å². The highest BCUT2D eigenvalue weighted by Crippen LogP contribution is 2.69. The van der Waals surface area contributed by atoms with Gasteiger partial charge in [-0.15, -0.1) is 0 Å². The number of Topliss-reactive ketones (excluding diaryl/α,β-unsaturated/α-hetero) is 1. The minimum atomic E-state index is -4.89. The van der Waals surface area contributed by atoms with E-state index in [-0.39, 0.29) is 53.0 Å². The average Bonchev–Trinajstić information content (AvgIpc) is 3.17. The van der Waals surface area contributed by atoms with E-state index >= 15 is 0 Å². The van der Waals surface area contributed by atoms with Crippen LogP contribution in [0.25, 0.3) is 0 Å². The Kier molecular flexibility index (Phi) is 8.42. The van der Waals surface area contributed by atoms with Gasteiger partial charge in [-0.2, -0.15) is 13.2 Å². The number of fused-ring (bicyclic) bond motifs is 5.